The molecule has 0 spiro atoms. The topological polar surface area (TPSA) is 53.6 Å². The Kier molecular flexibility index (Phi) is 4.03. The van der Waals surface area contributed by atoms with Gasteiger partial charge in [0, 0.05) is 24.3 Å². The molecule has 1 saturated carbocycles. The van der Waals surface area contributed by atoms with E-state index in [0.717, 1.165) is 17.0 Å². The standard InChI is InChI=1S/C14H22N4/c1-10-14(11(2)18(3)17-10)13(9-15)16-12-7-5-4-6-8-12/h12-13,16H,4-8H2,1-3H3. The maximum Gasteiger partial charge on any atom is 0.125 e. The first kappa shape index (κ1) is 13.1. The maximum atomic E-state index is 9.42. The number of aryl methyl sites for hydroxylation is 2. The molecule has 1 heterocycles. The summed E-state index contributed by atoms with van der Waals surface area (Å²) in [6, 6.07) is 2.66. The predicted molar refractivity (Wildman–Crippen MR) is 71.0 cm³/mol. The van der Waals surface area contributed by atoms with Crippen LogP contribution in [-0.2, 0) is 7.05 Å². The number of nitrogens with zero attached hydrogens (tertiary/aromatic N) is 3. The van der Waals surface area contributed by atoms with E-state index < -0.39 is 0 Å². The van der Waals surface area contributed by atoms with Crippen LogP contribution in [0.4, 0.5) is 0 Å². The van der Waals surface area contributed by atoms with Crippen LogP contribution in [0.1, 0.15) is 55.1 Å². The molecule has 0 amide bonds. The molecule has 4 nitrogen and oxygen atoms in total. The monoisotopic (exact) mass is 246 g/mol. The first-order valence-corrected chi connectivity index (χ1v) is 6.79. The van der Waals surface area contributed by atoms with Gasteiger partial charge in [-0.25, -0.2) is 0 Å². The van der Waals surface area contributed by atoms with Gasteiger partial charge in [0.2, 0.25) is 0 Å². The Morgan fingerprint density at radius 2 is 2.00 bits per heavy atom. The highest BCUT2D eigenvalue weighted by atomic mass is 15.3. The zero-order chi connectivity index (χ0) is 13.1. The fourth-order valence-corrected chi connectivity index (χ4v) is 2.90. The van der Waals surface area contributed by atoms with Crippen LogP contribution < -0.4 is 5.32 Å². The van der Waals surface area contributed by atoms with E-state index in [2.05, 4.69) is 16.5 Å². The van der Waals surface area contributed by atoms with Gasteiger partial charge in [-0.3, -0.25) is 10.00 Å². The van der Waals surface area contributed by atoms with Crippen molar-refractivity contribution in [1.29, 1.82) is 5.26 Å². The zero-order valence-corrected chi connectivity index (χ0v) is 11.5. The molecule has 1 aliphatic carbocycles. The van der Waals surface area contributed by atoms with Crippen LogP contribution in [0.25, 0.3) is 0 Å². The van der Waals surface area contributed by atoms with Crippen molar-refractivity contribution >= 4 is 0 Å². The quantitative estimate of drug-likeness (QED) is 0.891. The summed E-state index contributed by atoms with van der Waals surface area (Å²) in [4.78, 5) is 0. The first-order valence-electron chi connectivity index (χ1n) is 6.79. The summed E-state index contributed by atoms with van der Waals surface area (Å²) in [6.07, 6.45) is 6.27. The molecule has 1 aromatic heterocycles. The second-order valence-electron chi connectivity index (χ2n) is 5.27. The lowest BCUT2D eigenvalue weighted by Gasteiger charge is -2.25. The molecular weight excluding hydrogens is 224 g/mol. The zero-order valence-electron chi connectivity index (χ0n) is 11.5. The van der Waals surface area contributed by atoms with Gasteiger partial charge in [-0.15, -0.1) is 0 Å². The SMILES string of the molecule is Cc1nn(C)c(C)c1C(C#N)NC1CCCCC1. The average Bonchev–Trinajstić information content (AvgIpc) is 2.62. The van der Waals surface area contributed by atoms with E-state index in [1.54, 1.807) is 0 Å². The Morgan fingerprint density at radius 1 is 1.33 bits per heavy atom. The number of rotatable bonds is 3. The van der Waals surface area contributed by atoms with Crippen molar-refractivity contribution in [2.75, 3.05) is 0 Å². The van der Waals surface area contributed by atoms with Crippen LogP contribution in [0.3, 0.4) is 0 Å². The largest absolute Gasteiger partial charge is 0.295 e. The van der Waals surface area contributed by atoms with E-state index in [-0.39, 0.29) is 6.04 Å². The summed E-state index contributed by atoms with van der Waals surface area (Å²) in [5.74, 6) is 0. The van der Waals surface area contributed by atoms with Crippen molar-refractivity contribution in [3.05, 3.63) is 17.0 Å². The summed E-state index contributed by atoms with van der Waals surface area (Å²) in [6.45, 7) is 4.01. The van der Waals surface area contributed by atoms with Crippen molar-refractivity contribution in [1.82, 2.24) is 15.1 Å². The fourth-order valence-electron chi connectivity index (χ4n) is 2.90. The van der Waals surface area contributed by atoms with Gasteiger partial charge in [0.05, 0.1) is 11.8 Å². The van der Waals surface area contributed by atoms with Gasteiger partial charge in [0.15, 0.2) is 0 Å². The smallest absolute Gasteiger partial charge is 0.125 e. The molecule has 1 unspecified atom stereocenters. The number of hydrogen-bond acceptors (Lipinski definition) is 3. The molecule has 0 saturated heterocycles. The van der Waals surface area contributed by atoms with Crippen LogP contribution in [0, 0.1) is 25.2 Å². The molecule has 1 fully saturated rings. The molecule has 1 atom stereocenters. The van der Waals surface area contributed by atoms with Crippen molar-refractivity contribution in [2.24, 2.45) is 7.05 Å². The summed E-state index contributed by atoms with van der Waals surface area (Å²) < 4.78 is 1.86. The molecule has 0 bridgehead atoms. The van der Waals surface area contributed by atoms with E-state index in [4.69, 9.17) is 0 Å². The van der Waals surface area contributed by atoms with Crippen LogP contribution in [-0.4, -0.2) is 15.8 Å². The summed E-state index contributed by atoms with van der Waals surface area (Å²) in [5.41, 5.74) is 3.11. The van der Waals surface area contributed by atoms with Gasteiger partial charge in [-0.05, 0) is 26.7 Å². The summed E-state index contributed by atoms with van der Waals surface area (Å²) in [7, 11) is 1.93. The minimum Gasteiger partial charge on any atom is -0.295 e. The second-order valence-corrected chi connectivity index (χ2v) is 5.27. The maximum absolute atomic E-state index is 9.42. The van der Waals surface area contributed by atoms with Gasteiger partial charge in [-0.1, -0.05) is 19.3 Å². The summed E-state index contributed by atoms with van der Waals surface area (Å²) in [5, 5.41) is 17.3. The predicted octanol–water partition coefficient (Wildman–Crippen LogP) is 2.52. The van der Waals surface area contributed by atoms with Crippen molar-refractivity contribution in [3.8, 4) is 6.07 Å². The number of nitrogens with one attached hydrogen (secondary N) is 1. The van der Waals surface area contributed by atoms with E-state index in [0.29, 0.717) is 6.04 Å². The van der Waals surface area contributed by atoms with Gasteiger partial charge in [-0.2, -0.15) is 10.4 Å². The fraction of sp³-hybridized carbons (Fsp3) is 0.714. The average molecular weight is 246 g/mol. The Hall–Kier alpha value is -1.34. The highest BCUT2D eigenvalue weighted by molar-refractivity contribution is 5.32. The lowest BCUT2D eigenvalue weighted by atomic mass is 9.94. The normalized spacial score (nSPS) is 18.6. The second kappa shape index (κ2) is 5.53. The van der Waals surface area contributed by atoms with Gasteiger partial charge in [0.25, 0.3) is 0 Å². The molecule has 18 heavy (non-hydrogen) atoms. The Labute approximate surface area is 109 Å². The molecular formula is C14H22N4. The summed E-state index contributed by atoms with van der Waals surface area (Å²) >= 11 is 0. The van der Waals surface area contributed by atoms with Crippen LogP contribution >= 0.6 is 0 Å². The Morgan fingerprint density at radius 3 is 2.50 bits per heavy atom. The van der Waals surface area contributed by atoms with Crippen molar-refractivity contribution < 1.29 is 0 Å². The van der Waals surface area contributed by atoms with E-state index >= 15 is 0 Å². The molecule has 1 aliphatic rings. The van der Waals surface area contributed by atoms with Crippen LogP contribution in [0.2, 0.25) is 0 Å². The van der Waals surface area contributed by atoms with Gasteiger partial charge < -0.3 is 0 Å². The van der Waals surface area contributed by atoms with E-state index in [9.17, 15) is 5.26 Å². The number of aromatic nitrogens is 2. The van der Waals surface area contributed by atoms with Crippen LogP contribution in [0.15, 0.2) is 0 Å². The van der Waals surface area contributed by atoms with E-state index in [1.807, 2.05) is 25.6 Å². The highest BCUT2D eigenvalue weighted by Gasteiger charge is 2.23. The Balaban J connectivity index is 2.15. The number of hydrogen-bond donors (Lipinski definition) is 1. The highest BCUT2D eigenvalue weighted by Crippen LogP contribution is 2.24. The van der Waals surface area contributed by atoms with Crippen molar-refractivity contribution in [2.45, 2.75) is 58.0 Å². The molecule has 0 aliphatic heterocycles. The molecule has 2 rings (SSSR count). The minimum absolute atomic E-state index is 0.221. The molecule has 0 aromatic carbocycles. The molecule has 0 radical (unpaired) electrons. The van der Waals surface area contributed by atoms with Crippen molar-refractivity contribution in [3.63, 3.8) is 0 Å². The Bertz CT molecular complexity index is 449. The molecule has 4 heteroatoms. The van der Waals surface area contributed by atoms with E-state index in [1.165, 1.54) is 32.1 Å². The lowest BCUT2D eigenvalue weighted by Crippen LogP contribution is -2.34. The first-order chi connectivity index (χ1) is 8.63. The third kappa shape index (κ3) is 2.56. The minimum atomic E-state index is -0.221. The lowest BCUT2D eigenvalue weighted by molar-refractivity contribution is 0.359. The molecule has 1 aromatic rings. The van der Waals surface area contributed by atoms with Gasteiger partial charge in [0.1, 0.15) is 6.04 Å². The molecule has 1 N–H and O–H groups in total. The van der Waals surface area contributed by atoms with Crippen LogP contribution in [0.5, 0.6) is 0 Å². The third-order valence-corrected chi connectivity index (χ3v) is 3.99. The molecule has 98 valence electrons. The third-order valence-electron chi connectivity index (χ3n) is 3.99. The number of nitriles is 1. The van der Waals surface area contributed by atoms with Gasteiger partial charge >= 0.3 is 0 Å².